The Hall–Kier alpha value is -2.56. The van der Waals surface area contributed by atoms with Crippen molar-refractivity contribution in [3.05, 3.63) is 69.5 Å². The van der Waals surface area contributed by atoms with Gasteiger partial charge in [0.15, 0.2) is 0 Å². The summed E-state index contributed by atoms with van der Waals surface area (Å²) in [7, 11) is 0. The first-order valence-corrected chi connectivity index (χ1v) is 5.61. The van der Waals surface area contributed by atoms with Crippen LogP contribution in [0.2, 0.25) is 0 Å². The Balaban J connectivity index is 2.29. The minimum atomic E-state index is -0.462. The number of aliphatic imine (C=N–C) groups is 1. The number of benzene rings is 2. The summed E-state index contributed by atoms with van der Waals surface area (Å²) in [5.41, 5.74) is 2.09. The van der Waals surface area contributed by atoms with Crippen molar-refractivity contribution in [1.29, 1.82) is 0 Å². The lowest BCUT2D eigenvalue weighted by atomic mass is 10.2. The smallest absolute Gasteiger partial charge is 0.258 e. The van der Waals surface area contributed by atoms with Crippen LogP contribution in [0, 0.1) is 22.9 Å². The molecule has 0 aliphatic heterocycles. The van der Waals surface area contributed by atoms with E-state index in [1.807, 2.05) is 6.92 Å². The molecule has 0 N–H and O–H groups in total. The van der Waals surface area contributed by atoms with E-state index in [-0.39, 0.29) is 11.5 Å². The van der Waals surface area contributed by atoms with Gasteiger partial charge in [-0.25, -0.2) is 4.39 Å². The third-order valence-electron chi connectivity index (χ3n) is 2.63. The predicted octanol–water partition coefficient (Wildman–Crippen LogP) is 3.79. The number of nitro groups is 1. The van der Waals surface area contributed by atoms with Crippen LogP contribution >= 0.6 is 0 Å². The van der Waals surface area contributed by atoms with Crippen molar-refractivity contribution in [2.45, 2.75) is 6.92 Å². The third kappa shape index (κ3) is 3.22. The van der Waals surface area contributed by atoms with Gasteiger partial charge in [0.1, 0.15) is 5.82 Å². The highest BCUT2D eigenvalue weighted by atomic mass is 19.1. The van der Waals surface area contributed by atoms with Gasteiger partial charge >= 0.3 is 0 Å². The van der Waals surface area contributed by atoms with Crippen molar-refractivity contribution in [3.63, 3.8) is 0 Å². The van der Waals surface area contributed by atoms with Crippen LogP contribution in [0.1, 0.15) is 11.1 Å². The fraction of sp³-hybridized carbons (Fsp3) is 0.0714. The van der Waals surface area contributed by atoms with E-state index in [0.717, 1.165) is 11.1 Å². The molecule has 0 atom stereocenters. The van der Waals surface area contributed by atoms with Crippen LogP contribution in [0.5, 0.6) is 0 Å². The summed E-state index contributed by atoms with van der Waals surface area (Å²) in [5.74, 6) is -0.316. The van der Waals surface area contributed by atoms with Crippen LogP contribution in [-0.2, 0) is 0 Å². The van der Waals surface area contributed by atoms with Crippen molar-refractivity contribution in [1.82, 2.24) is 0 Å². The highest BCUT2D eigenvalue weighted by molar-refractivity contribution is 5.82. The average molecular weight is 258 g/mol. The highest BCUT2D eigenvalue weighted by Crippen LogP contribution is 2.24. The number of hydrogen-bond donors (Lipinski definition) is 0. The Labute approximate surface area is 109 Å². The Bertz CT molecular complexity index is 636. The summed E-state index contributed by atoms with van der Waals surface area (Å²) < 4.78 is 12.7. The number of aryl methyl sites for hydroxylation is 1. The molecule has 0 spiro atoms. The molecule has 0 saturated heterocycles. The van der Waals surface area contributed by atoms with Gasteiger partial charge in [0.05, 0.1) is 10.6 Å². The molecule has 0 unspecified atom stereocenters. The van der Waals surface area contributed by atoms with Gasteiger partial charge in [0.2, 0.25) is 0 Å². The second kappa shape index (κ2) is 5.39. The van der Waals surface area contributed by atoms with E-state index in [4.69, 9.17) is 0 Å². The molecule has 0 aromatic heterocycles. The zero-order chi connectivity index (χ0) is 13.8. The maximum Gasteiger partial charge on any atom is 0.271 e. The molecule has 0 aliphatic rings. The second-order valence-corrected chi connectivity index (χ2v) is 4.04. The Morgan fingerprint density at radius 2 is 1.89 bits per heavy atom. The summed E-state index contributed by atoms with van der Waals surface area (Å²) in [6.07, 6.45) is 1.55. The van der Waals surface area contributed by atoms with Crippen molar-refractivity contribution in [2.24, 2.45) is 4.99 Å². The molecular weight excluding hydrogens is 247 g/mol. The predicted molar refractivity (Wildman–Crippen MR) is 71.5 cm³/mol. The number of rotatable bonds is 3. The monoisotopic (exact) mass is 258 g/mol. The van der Waals surface area contributed by atoms with E-state index in [9.17, 15) is 14.5 Å². The van der Waals surface area contributed by atoms with Gasteiger partial charge in [-0.3, -0.25) is 15.1 Å². The van der Waals surface area contributed by atoms with Gasteiger partial charge in [-0.1, -0.05) is 18.2 Å². The summed E-state index contributed by atoms with van der Waals surface area (Å²) in [4.78, 5) is 14.4. The quantitative estimate of drug-likeness (QED) is 0.477. The van der Waals surface area contributed by atoms with Crippen molar-refractivity contribution in [2.75, 3.05) is 0 Å². The summed E-state index contributed by atoms with van der Waals surface area (Å²) in [5, 5.41) is 10.7. The molecule has 2 rings (SSSR count). The first-order chi connectivity index (χ1) is 9.06. The van der Waals surface area contributed by atoms with Crippen LogP contribution < -0.4 is 0 Å². The van der Waals surface area contributed by atoms with Crippen molar-refractivity contribution >= 4 is 17.6 Å². The van der Waals surface area contributed by atoms with E-state index in [1.165, 1.54) is 24.3 Å². The zero-order valence-corrected chi connectivity index (χ0v) is 10.2. The SMILES string of the molecule is Cc1ccc([N+](=O)[O-])cc1N=Cc1ccc(F)cc1. The molecule has 0 fully saturated rings. The summed E-state index contributed by atoms with van der Waals surface area (Å²) in [6.45, 7) is 1.82. The number of halogens is 1. The first kappa shape index (κ1) is 12.9. The zero-order valence-electron chi connectivity index (χ0n) is 10.2. The first-order valence-electron chi connectivity index (χ1n) is 5.61. The van der Waals surface area contributed by atoms with E-state index in [0.29, 0.717) is 5.69 Å². The van der Waals surface area contributed by atoms with Gasteiger partial charge in [-0.15, -0.1) is 0 Å². The van der Waals surface area contributed by atoms with Gasteiger partial charge in [0, 0.05) is 18.3 Å². The van der Waals surface area contributed by atoms with Gasteiger partial charge in [0.25, 0.3) is 5.69 Å². The molecule has 0 bridgehead atoms. The maximum absolute atomic E-state index is 12.7. The standard InChI is InChI=1S/C14H11FN2O2/c1-10-2-7-13(17(18)19)8-14(10)16-9-11-3-5-12(15)6-4-11/h2-9H,1H3. The Morgan fingerprint density at radius 1 is 1.21 bits per heavy atom. The molecule has 96 valence electrons. The fourth-order valence-corrected chi connectivity index (χ4v) is 1.54. The van der Waals surface area contributed by atoms with Crippen LogP contribution in [0.4, 0.5) is 15.8 Å². The summed E-state index contributed by atoms with van der Waals surface area (Å²) >= 11 is 0. The van der Waals surface area contributed by atoms with Crippen LogP contribution in [0.3, 0.4) is 0 Å². The minimum Gasteiger partial charge on any atom is -0.258 e. The fourth-order valence-electron chi connectivity index (χ4n) is 1.54. The average Bonchev–Trinajstić information content (AvgIpc) is 2.39. The molecule has 2 aromatic rings. The van der Waals surface area contributed by atoms with E-state index in [2.05, 4.69) is 4.99 Å². The van der Waals surface area contributed by atoms with Gasteiger partial charge in [-0.05, 0) is 30.2 Å². The number of nitrogens with zero attached hydrogens (tertiary/aromatic N) is 2. The molecule has 4 nitrogen and oxygen atoms in total. The molecule has 0 heterocycles. The maximum atomic E-state index is 12.7. The number of nitro benzene ring substituents is 1. The van der Waals surface area contributed by atoms with E-state index in [1.54, 1.807) is 24.4 Å². The molecule has 19 heavy (non-hydrogen) atoms. The van der Waals surface area contributed by atoms with E-state index >= 15 is 0 Å². The third-order valence-corrected chi connectivity index (χ3v) is 2.63. The lowest BCUT2D eigenvalue weighted by molar-refractivity contribution is -0.384. The second-order valence-electron chi connectivity index (χ2n) is 4.04. The number of hydrogen-bond acceptors (Lipinski definition) is 3. The van der Waals surface area contributed by atoms with Crippen LogP contribution in [0.15, 0.2) is 47.5 Å². The Morgan fingerprint density at radius 3 is 2.53 bits per heavy atom. The van der Waals surface area contributed by atoms with Gasteiger partial charge in [-0.2, -0.15) is 0 Å². The van der Waals surface area contributed by atoms with Gasteiger partial charge < -0.3 is 0 Å². The summed E-state index contributed by atoms with van der Waals surface area (Å²) in [6, 6.07) is 10.3. The lowest BCUT2D eigenvalue weighted by Gasteiger charge is -1.99. The molecular formula is C14H11FN2O2. The highest BCUT2D eigenvalue weighted by Gasteiger charge is 2.07. The molecule has 0 amide bonds. The molecule has 0 aliphatic carbocycles. The Kier molecular flexibility index (Phi) is 3.66. The molecule has 5 heteroatoms. The van der Waals surface area contributed by atoms with E-state index < -0.39 is 4.92 Å². The number of non-ortho nitro benzene ring substituents is 1. The normalized spacial score (nSPS) is 10.8. The van der Waals surface area contributed by atoms with Crippen LogP contribution in [-0.4, -0.2) is 11.1 Å². The largest absolute Gasteiger partial charge is 0.271 e. The lowest BCUT2D eigenvalue weighted by Crippen LogP contribution is -1.88. The molecule has 0 radical (unpaired) electrons. The topological polar surface area (TPSA) is 55.5 Å². The minimum absolute atomic E-state index is 0.00291. The molecule has 2 aromatic carbocycles. The van der Waals surface area contributed by atoms with Crippen molar-refractivity contribution < 1.29 is 9.31 Å². The van der Waals surface area contributed by atoms with Crippen molar-refractivity contribution in [3.8, 4) is 0 Å². The molecule has 0 saturated carbocycles. The van der Waals surface area contributed by atoms with Crippen LogP contribution in [0.25, 0.3) is 0 Å².